The van der Waals surface area contributed by atoms with Crippen LogP contribution in [0.3, 0.4) is 0 Å². The van der Waals surface area contributed by atoms with Crippen LogP contribution >= 0.6 is 0 Å². The number of hydrogen-bond donors (Lipinski definition) is 0. The second kappa shape index (κ2) is 3.11. The number of fused-ring (bicyclic) bond motifs is 1. The van der Waals surface area contributed by atoms with Crippen LogP contribution in [0.1, 0.15) is 0 Å². The van der Waals surface area contributed by atoms with Gasteiger partial charge in [0.1, 0.15) is 22.9 Å². The molecule has 2 aromatic rings. The standard InChI is InChI=1S/C8H5N3O2/c9-3-4-12-6-1-2-7-8(5-6)11-13-10-7/h1-2,5H,4H2. The van der Waals surface area contributed by atoms with Crippen LogP contribution in [-0.4, -0.2) is 16.9 Å². The fourth-order valence-electron chi connectivity index (χ4n) is 0.967. The lowest BCUT2D eigenvalue weighted by Crippen LogP contribution is -1.92. The van der Waals surface area contributed by atoms with E-state index < -0.39 is 0 Å². The van der Waals surface area contributed by atoms with Crippen LogP contribution in [0.15, 0.2) is 22.8 Å². The van der Waals surface area contributed by atoms with Crippen LogP contribution in [-0.2, 0) is 0 Å². The summed E-state index contributed by atoms with van der Waals surface area (Å²) in [5.41, 5.74) is 1.29. The minimum Gasteiger partial charge on any atom is -0.479 e. The second-order valence-corrected chi connectivity index (χ2v) is 2.36. The maximum absolute atomic E-state index is 8.28. The second-order valence-electron chi connectivity index (χ2n) is 2.36. The summed E-state index contributed by atoms with van der Waals surface area (Å²) in [6, 6.07) is 6.98. The normalized spacial score (nSPS) is 9.77. The summed E-state index contributed by atoms with van der Waals surface area (Å²) in [5.74, 6) is 0.588. The van der Waals surface area contributed by atoms with Gasteiger partial charge in [-0.15, -0.1) is 0 Å². The first-order valence-electron chi connectivity index (χ1n) is 3.62. The molecule has 64 valence electrons. The highest BCUT2D eigenvalue weighted by molar-refractivity contribution is 5.74. The van der Waals surface area contributed by atoms with Gasteiger partial charge in [-0.25, -0.2) is 4.63 Å². The number of ether oxygens (including phenoxy) is 1. The molecule has 1 aromatic heterocycles. The predicted molar refractivity (Wildman–Crippen MR) is 42.9 cm³/mol. The van der Waals surface area contributed by atoms with Gasteiger partial charge in [0.05, 0.1) is 0 Å². The molecule has 5 heteroatoms. The molecular weight excluding hydrogens is 170 g/mol. The van der Waals surface area contributed by atoms with Crippen LogP contribution in [0, 0.1) is 11.3 Å². The molecule has 0 saturated carbocycles. The number of nitrogens with zero attached hydrogens (tertiary/aromatic N) is 3. The predicted octanol–water partition coefficient (Wildman–Crippen LogP) is 1.13. The Hall–Kier alpha value is -2.09. The van der Waals surface area contributed by atoms with Crippen molar-refractivity contribution < 1.29 is 9.37 Å². The Morgan fingerprint density at radius 2 is 2.23 bits per heavy atom. The number of nitriles is 1. The van der Waals surface area contributed by atoms with Crippen molar-refractivity contribution in [2.45, 2.75) is 0 Å². The van der Waals surface area contributed by atoms with Crippen LogP contribution < -0.4 is 4.74 Å². The van der Waals surface area contributed by atoms with E-state index in [-0.39, 0.29) is 6.61 Å². The molecule has 0 amide bonds. The van der Waals surface area contributed by atoms with E-state index in [0.717, 1.165) is 0 Å². The summed E-state index contributed by atoms with van der Waals surface area (Å²) in [5, 5.41) is 15.6. The number of benzene rings is 1. The first-order valence-corrected chi connectivity index (χ1v) is 3.62. The highest BCUT2D eigenvalue weighted by Crippen LogP contribution is 2.17. The number of rotatable bonds is 2. The minimum atomic E-state index is 0.0246. The van der Waals surface area contributed by atoms with Crippen molar-refractivity contribution >= 4 is 11.0 Å². The summed E-state index contributed by atoms with van der Waals surface area (Å²) in [6.45, 7) is 0.0246. The van der Waals surface area contributed by atoms with Crippen molar-refractivity contribution in [1.82, 2.24) is 10.3 Å². The molecular formula is C8H5N3O2. The van der Waals surface area contributed by atoms with Gasteiger partial charge in [0, 0.05) is 6.07 Å². The Labute approximate surface area is 73.5 Å². The molecule has 5 nitrogen and oxygen atoms in total. The zero-order valence-electron chi connectivity index (χ0n) is 6.60. The van der Waals surface area contributed by atoms with Crippen molar-refractivity contribution in [2.75, 3.05) is 6.61 Å². The quantitative estimate of drug-likeness (QED) is 0.683. The Morgan fingerprint density at radius 3 is 3.08 bits per heavy atom. The summed E-state index contributed by atoms with van der Waals surface area (Å²) in [7, 11) is 0. The van der Waals surface area contributed by atoms with Gasteiger partial charge in [0.2, 0.25) is 0 Å². The Balaban J connectivity index is 2.33. The first kappa shape index (κ1) is 7.55. The summed E-state index contributed by atoms with van der Waals surface area (Å²) < 4.78 is 9.57. The van der Waals surface area contributed by atoms with E-state index in [1.165, 1.54) is 0 Å². The van der Waals surface area contributed by atoms with Gasteiger partial charge in [0.15, 0.2) is 6.61 Å². The molecule has 0 aliphatic heterocycles. The van der Waals surface area contributed by atoms with E-state index in [2.05, 4.69) is 14.9 Å². The van der Waals surface area contributed by atoms with Crippen molar-refractivity contribution in [3.63, 3.8) is 0 Å². The van der Waals surface area contributed by atoms with Crippen molar-refractivity contribution in [1.29, 1.82) is 5.26 Å². The number of aromatic nitrogens is 2. The Kier molecular flexibility index (Phi) is 1.81. The lowest BCUT2D eigenvalue weighted by atomic mass is 10.3. The van der Waals surface area contributed by atoms with E-state index in [4.69, 9.17) is 10.00 Å². The van der Waals surface area contributed by atoms with Gasteiger partial charge in [-0.05, 0) is 22.4 Å². The van der Waals surface area contributed by atoms with Gasteiger partial charge < -0.3 is 4.74 Å². The molecule has 13 heavy (non-hydrogen) atoms. The lowest BCUT2D eigenvalue weighted by molar-refractivity contribution is 0.315. The van der Waals surface area contributed by atoms with Crippen molar-refractivity contribution in [2.24, 2.45) is 0 Å². The third-order valence-corrected chi connectivity index (χ3v) is 1.53. The smallest absolute Gasteiger partial charge is 0.174 e. The van der Waals surface area contributed by atoms with E-state index >= 15 is 0 Å². The molecule has 0 aliphatic rings. The maximum Gasteiger partial charge on any atom is 0.174 e. The van der Waals surface area contributed by atoms with Crippen molar-refractivity contribution in [3.05, 3.63) is 18.2 Å². The SMILES string of the molecule is N#CCOc1ccc2nonc2c1. The zero-order chi connectivity index (χ0) is 9.10. The Bertz CT molecular complexity index is 458. The summed E-state index contributed by atoms with van der Waals surface area (Å²) in [6.07, 6.45) is 0. The molecule has 0 spiro atoms. The van der Waals surface area contributed by atoms with E-state index in [0.29, 0.717) is 16.8 Å². The molecule has 0 bridgehead atoms. The average molecular weight is 175 g/mol. The zero-order valence-corrected chi connectivity index (χ0v) is 6.60. The fourth-order valence-corrected chi connectivity index (χ4v) is 0.967. The van der Waals surface area contributed by atoms with Gasteiger partial charge in [-0.3, -0.25) is 0 Å². The minimum absolute atomic E-state index is 0.0246. The van der Waals surface area contributed by atoms with Gasteiger partial charge >= 0.3 is 0 Å². The van der Waals surface area contributed by atoms with Gasteiger partial charge in [-0.2, -0.15) is 5.26 Å². The van der Waals surface area contributed by atoms with Crippen LogP contribution in [0.2, 0.25) is 0 Å². The number of hydrogen-bond acceptors (Lipinski definition) is 5. The van der Waals surface area contributed by atoms with Crippen LogP contribution in [0.25, 0.3) is 11.0 Å². The Morgan fingerprint density at radius 1 is 1.38 bits per heavy atom. The first-order chi connectivity index (χ1) is 6.40. The maximum atomic E-state index is 8.28. The molecule has 0 atom stereocenters. The van der Waals surface area contributed by atoms with Crippen LogP contribution in [0.4, 0.5) is 0 Å². The van der Waals surface area contributed by atoms with E-state index in [9.17, 15) is 0 Å². The molecule has 2 rings (SSSR count). The fraction of sp³-hybridized carbons (Fsp3) is 0.125. The summed E-state index contributed by atoms with van der Waals surface area (Å²) >= 11 is 0. The molecule has 0 aliphatic carbocycles. The molecule has 0 fully saturated rings. The summed E-state index contributed by atoms with van der Waals surface area (Å²) in [4.78, 5) is 0. The monoisotopic (exact) mass is 175 g/mol. The van der Waals surface area contributed by atoms with Crippen LogP contribution in [0.5, 0.6) is 5.75 Å². The molecule has 0 N–H and O–H groups in total. The van der Waals surface area contributed by atoms with E-state index in [1.807, 2.05) is 6.07 Å². The highest BCUT2D eigenvalue weighted by atomic mass is 16.6. The largest absolute Gasteiger partial charge is 0.479 e. The molecule has 0 saturated heterocycles. The van der Waals surface area contributed by atoms with Gasteiger partial charge in [0.25, 0.3) is 0 Å². The van der Waals surface area contributed by atoms with E-state index in [1.54, 1.807) is 18.2 Å². The third-order valence-electron chi connectivity index (χ3n) is 1.53. The lowest BCUT2D eigenvalue weighted by Gasteiger charge is -1.98. The third kappa shape index (κ3) is 1.42. The molecule has 0 unspecified atom stereocenters. The van der Waals surface area contributed by atoms with Crippen molar-refractivity contribution in [3.8, 4) is 11.8 Å². The average Bonchev–Trinajstić information content (AvgIpc) is 2.61. The molecule has 1 aromatic carbocycles. The molecule has 0 radical (unpaired) electrons. The topological polar surface area (TPSA) is 71.9 Å². The van der Waals surface area contributed by atoms with Gasteiger partial charge in [-0.1, -0.05) is 0 Å². The highest BCUT2D eigenvalue weighted by Gasteiger charge is 2.01. The molecule has 1 heterocycles.